The number of anilines is 1. The number of quaternary nitrogens is 1. The van der Waals surface area contributed by atoms with Crippen molar-refractivity contribution in [3.05, 3.63) is 65.7 Å². The number of aryl methyl sites for hydroxylation is 1. The summed E-state index contributed by atoms with van der Waals surface area (Å²) in [5, 5.41) is 1.86. The van der Waals surface area contributed by atoms with Crippen LogP contribution in [0.3, 0.4) is 0 Å². The van der Waals surface area contributed by atoms with Gasteiger partial charge in [0.1, 0.15) is 17.9 Å². The second kappa shape index (κ2) is 7.12. The van der Waals surface area contributed by atoms with Gasteiger partial charge in [-0.2, -0.15) is 0 Å². The zero-order valence-corrected chi connectivity index (χ0v) is 16.8. The Balaban J connectivity index is 1.84. The molecule has 2 fully saturated rings. The van der Waals surface area contributed by atoms with Crippen LogP contribution < -0.4 is 10.2 Å². The number of fused-ring (bicyclic) bond motifs is 1. The highest BCUT2D eigenvalue weighted by Crippen LogP contribution is 2.46. The number of hydrogen-bond donors (Lipinski definition) is 1. The molecule has 0 bridgehead atoms. The molecule has 2 aromatic rings. The number of para-hydroxylation sites is 1. The van der Waals surface area contributed by atoms with Crippen LogP contribution in [0.4, 0.5) is 5.69 Å². The molecule has 0 unspecified atom stereocenters. The van der Waals surface area contributed by atoms with Gasteiger partial charge in [-0.1, -0.05) is 42.5 Å². The molecule has 29 heavy (non-hydrogen) atoms. The van der Waals surface area contributed by atoms with Crippen LogP contribution in [0.25, 0.3) is 0 Å². The molecular weight excluding hydrogens is 368 g/mol. The summed E-state index contributed by atoms with van der Waals surface area (Å²) < 4.78 is 5.32. The van der Waals surface area contributed by atoms with E-state index in [1.54, 1.807) is 38.1 Å². The smallest absolute Gasteiger partial charge is 0.368 e. The van der Waals surface area contributed by atoms with Crippen LogP contribution in [0, 0.1) is 18.8 Å². The molecule has 0 aliphatic carbocycles. The molecule has 0 spiro atoms. The normalized spacial score (nSPS) is 28.5. The summed E-state index contributed by atoms with van der Waals surface area (Å²) in [6, 6.07) is 16.4. The number of ether oxygens (including phenoxy) is 1. The lowest BCUT2D eigenvalue weighted by Crippen LogP contribution is -2.97. The summed E-state index contributed by atoms with van der Waals surface area (Å²) in [4.78, 5) is 41.1. The first kappa shape index (κ1) is 19.3. The molecule has 2 N–H and O–H groups in total. The monoisotopic (exact) mass is 393 g/mol. The third-order valence-corrected chi connectivity index (χ3v) is 6.19. The molecule has 4 atom stereocenters. The SMILES string of the molecule is CCOC(=O)[C@@]1(C)[NH2+][C@@H](c2ccccc2C)[C@H]2C(=O)N(c3ccccc3)C(=O)[C@H]21. The Morgan fingerprint density at radius 3 is 2.38 bits per heavy atom. The van der Waals surface area contributed by atoms with Gasteiger partial charge in [-0.3, -0.25) is 9.59 Å². The molecule has 2 aromatic carbocycles. The molecular formula is C23H25N2O4+. The number of esters is 1. The minimum Gasteiger partial charge on any atom is -0.461 e. The zero-order chi connectivity index (χ0) is 20.8. The first-order chi connectivity index (χ1) is 13.9. The number of carbonyl (C=O) groups is 3. The quantitative estimate of drug-likeness (QED) is 0.634. The molecule has 6 heteroatoms. The van der Waals surface area contributed by atoms with Crippen molar-refractivity contribution in [2.45, 2.75) is 32.4 Å². The highest BCUT2D eigenvalue weighted by molar-refractivity contribution is 6.23. The first-order valence-corrected chi connectivity index (χ1v) is 9.91. The van der Waals surface area contributed by atoms with Crippen LogP contribution in [0.15, 0.2) is 54.6 Å². The van der Waals surface area contributed by atoms with E-state index >= 15 is 0 Å². The molecule has 2 saturated heterocycles. The van der Waals surface area contributed by atoms with Gasteiger partial charge < -0.3 is 10.1 Å². The standard InChI is InChI=1S/C23H24N2O4/c1-4-29-22(28)23(3)18-17(19(24-23)16-13-9-8-10-14(16)2)20(26)25(21(18)27)15-11-6-5-7-12-15/h5-13,17-19,24H,4H2,1-3H3/p+1/t17-,18-,19-,23-/m0/s1. The van der Waals surface area contributed by atoms with E-state index in [0.717, 1.165) is 11.1 Å². The van der Waals surface area contributed by atoms with Crippen molar-refractivity contribution in [1.29, 1.82) is 0 Å². The van der Waals surface area contributed by atoms with E-state index in [2.05, 4.69) is 0 Å². The van der Waals surface area contributed by atoms with Gasteiger partial charge in [0, 0.05) is 12.5 Å². The van der Waals surface area contributed by atoms with Crippen molar-refractivity contribution in [2.75, 3.05) is 11.5 Å². The Morgan fingerprint density at radius 2 is 1.72 bits per heavy atom. The third-order valence-electron chi connectivity index (χ3n) is 6.19. The van der Waals surface area contributed by atoms with Gasteiger partial charge in [-0.05, 0) is 31.5 Å². The van der Waals surface area contributed by atoms with E-state index < -0.39 is 23.3 Å². The number of nitrogens with zero attached hydrogens (tertiary/aromatic N) is 1. The molecule has 2 aliphatic heterocycles. The molecule has 2 amide bonds. The van der Waals surface area contributed by atoms with Crippen LogP contribution >= 0.6 is 0 Å². The molecule has 0 saturated carbocycles. The van der Waals surface area contributed by atoms with Gasteiger partial charge in [0.05, 0.1) is 12.3 Å². The zero-order valence-electron chi connectivity index (χ0n) is 16.8. The molecule has 0 radical (unpaired) electrons. The third kappa shape index (κ3) is 2.86. The van der Waals surface area contributed by atoms with Crippen molar-refractivity contribution < 1.29 is 24.4 Å². The predicted octanol–water partition coefficient (Wildman–Crippen LogP) is 1.74. The molecule has 4 rings (SSSR count). The van der Waals surface area contributed by atoms with Crippen molar-refractivity contribution in [2.24, 2.45) is 11.8 Å². The van der Waals surface area contributed by atoms with E-state index in [4.69, 9.17) is 4.74 Å². The largest absolute Gasteiger partial charge is 0.461 e. The maximum absolute atomic E-state index is 13.5. The van der Waals surface area contributed by atoms with Gasteiger partial charge in [0.15, 0.2) is 0 Å². The van der Waals surface area contributed by atoms with E-state index in [-0.39, 0.29) is 24.5 Å². The fourth-order valence-electron chi connectivity index (χ4n) is 4.82. The predicted molar refractivity (Wildman–Crippen MR) is 107 cm³/mol. The summed E-state index contributed by atoms with van der Waals surface area (Å²) in [7, 11) is 0. The number of benzene rings is 2. The Labute approximate surface area is 169 Å². The highest BCUT2D eigenvalue weighted by atomic mass is 16.5. The van der Waals surface area contributed by atoms with Gasteiger partial charge in [0.2, 0.25) is 17.4 Å². The number of amides is 2. The van der Waals surface area contributed by atoms with E-state index in [1.165, 1.54) is 4.90 Å². The summed E-state index contributed by atoms with van der Waals surface area (Å²) >= 11 is 0. The summed E-state index contributed by atoms with van der Waals surface area (Å²) in [5.74, 6) is -2.46. The second-order valence-electron chi connectivity index (χ2n) is 7.90. The van der Waals surface area contributed by atoms with Gasteiger partial charge in [-0.25, -0.2) is 9.69 Å². The van der Waals surface area contributed by atoms with E-state index in [9.17, 15) is 14.4 Å². The number of nitrogens with two attached hydrogens (primary N) is 1. The minimum atomic E-state index is -1.16. The van der Waals surface area contributed by atoms with Gasteiger partial charge in [-0.15, -0.1) is 0 Å². The average molecular weight is 393 g/mol. The van der Waals surface area contributed by atoms with Crippen LogP contribution in [0.5, 0.6) is 0 Å². The maximum atomic E-state index is 13.5. The number of hydrogen-bond acceptors (Lipinski definition) is 4. The van der Waals surface area contributed by atoms with E-state index in [1.807, 2.05) is 42.6 Å². The molecule has 2 heterocycles. The molecule has 150 valence electrons. The Kier molecular flexibility index (Phi) is 4.74. The minimum absolute atomic E-state index is 0.221. The molecule has 6 nitrogen and oxygen atoms in total. The van der Waals surface area contributed by atoms with Crippen LogP contribution in [-0.2, 0) is 19.1 Å². The van der Waals surface area contributed by atoms with Crippen LogP contribution in [0.1, 0.15) is 31.0 Å². The summed E-state index contributed by atoms with van der Waals surface area (Å²) in [6.07, 6.45) is 0. The molecule has 0 aromatic heterocycles. The van der Waals surface area contributed by atoms with Crippen LogP contribution in [-0.4, -0.2) is 29.9 Å². The lowest BCUT2D eigenvalue weighted by atomic mass is 9.80. The number of imide groups is 1. The lowest BCUT2D eigenvalue weighted by Gasteiger charge is -2.26. The summed E-state index contributed by atoms with van der Waals surface area (Å²) in [5.41, 5.74) is 1.36. The fourth-order valence-corrected chi connectivity index (χ4v) is 4.82. The second-order valence-corrected chi connectivity index (χ2v) is 7.90. The highest BCUT2D eigenvalue weighted by Gasteiger charge is 2.71. The first-order valence-electron chi connectivity index (χ1n) is 9.91. The lowest BCUT2D eigenvalue weighted by molar-refractivity contribution is -0.731. The van der Waals surface area contributed by atoms with Gasteiger partial charge in [0.25, 0.3) is 0 Å². The fraction of sp³-hybridized carbons (Fsp3) is 0.348. The Hall–Kier alpha value is -2.99. The Morgan fingerprint density at radius 1 is 1.07 bits per heavy atom. The number of carbonyl (C=O) groups excluding carboxylic acids is 3. The maximum Gasteiger partial charge on any atom is 0.368 e. The van der Waals surface area contributed by atoms with Crippen molar-refractivity contribution in [3.63, 3.8) is 0 Å². The summed E-state index contributed by atoms with van der Waals surface area (Å²) in [6.45, 7) is 5.67. The van der Waals surface area contributed by atoms with Crippen molar-refractivity contribution in [1.82, 2.24) is 0 Å². The van der Waals surface area contributed by atoms with Crippen LogP contribution in [0.2, 0.25) is 0 Å². The van der Waals surface area contributed by atoms with Crippen molar-refractivity contribution >= 4 is 23.5 Å². The van der Waals surface area contributed by atoms with Crippen molar-refractivity contribution in [3.8, 4) is 0 Å². The molecule has 2 aliphatic rings. The topological polar surface area (TPSA) is 80.3 Å². The Bertz CT molecular complexity index is 974. The number of rotatable bonds is 4. The average Bonchev–Trinajstić information content (AvgIpc) is 3.17. The van der Waals surface area contributed by atoms with E-state index in [0.29, 0.717) is 5.69 Å². The van der Waals surface area contributed by atoms with Gasteiger partial charge >= 0.3 is 5.97 Å².